The third-order valence-corrected chi connectivity index (χ3v) is 4.31. The van der Waals surface area contributed by atoms with E-state index in [1.807, 2.05) is 18.7 Å². The number of carboxylic acids is 1. The maximum Gasteiger partial charge on any atom is 0.311 e. The Morgan fingerprint density at radius 3 is 2.70 bits per heavy atom. The first kappa shape index (κ1) is 14.9. The summed E-state index contributed by atoms with van der Waals surface area (Å²) in [6.07, 6.45) is 0.539. The quantitative estimate of drug-likeness (QED) is 0.923. The third kappa shape index (κ3) is 2.68. The van der Waals surface area contributed by atoms with Gasteiger partial charge in [0.1, 0.15) is 11.6 Å². The van der Waals surface area contributed by atoms with Gasteiger partial charge in [0.15, 0.2) is 0 Å². The summed E-state index contributed by atoms with van der Waals surface area (Å²) in [5.74, 6) is -1.74. The van der Waals surface area contributed by atoms with Crippen LogP contribution < -0.4 is 0 Å². The third-order valence-electron chi connectivity index (χ3n) is 4.31. The Labute approximate surface area is 117 Å². The lowest BCUT2D eigenvalue weighted by Crippen LogP contribution is -2.39. The highest BCUT2D eigenvalue weighted by Gasteiger charge is 2.47. The summed E-state index contributed by atoms with van der Waals surface area (Å²) in [5.41, 5.74) is -0.515. The largest absolute Gasteiger partial charge is 0.481 e. The zero-order valence-electron chi connectivity index (χ0n) is 11.7. The van der Waals surface area contributed by atoms with Crippen LogP contribution in [0.4, 0.5) is 8.78 Å². The van der Waals surface area contributed by atoms with Crippen molar-refractivity contribution >= 4 is 5.97 Å². The predicted molar refractivity (Wildman–Crippen MR) is 71.2 cm³/mol. The molecule has 0 radical (unpaired) electrons. The van der Waals surface area contributed by atoms with Crippen molar-refractivity contribution in [3.63, 3.8) is 0 Å². The lowest BCUT2D eigenvalue weighted by molar-refractivity contribution is -0.151. The van der Waals surface area contributed by atoms with E-state index in [1.54, 1.807) is 0 Å². The summed E-state index contributed by atoms with van der Waals surface area (Å²) in [5, 5.41) is 9.46. The standard InChI is InChI=1S/C15H19F2NO2/c1-10(2)15(14(19)20)5-6-18(9-15)8-11-7-12(16)3-4-13(11)17/h3-4,7,10H,5-6,8-9H2,1-2H3,(H,19,20). The maximum absolute atomic E-state index is 13.6. The summed E-state index contributed by atoms with van der Waals surface area (Å²) < 4.78 is 26.8. The number of likely N-dealkylation sites (tertiary alicyclic amines) is 1. The van der Waals surface area contributed by atoms with Crippen LogP contribution in [0.1, 0.15) is 25.8 Å². The molecule has 0 aromatic heterocycles. The molecule has 2 rings (SSSR count). The molecule has 0 saturated carbocycles. The first-order valence-corrected chi connectivity index (χ1v) is 6.75. The number of halogens is 2. The zero-order chi connectivity index (χ0) is 14.9. The molecule has 1 aliphatic heterocycles. The molecule has 0 bridgehead atoms. The van der Waals surface area contributed by atoms with Crippen molar-refractivity contribution in [2.45, 2.75) is 26.8 Å². The van der Waals surface area contributed by atoms with Gasteiger partial charge in [-0.3, -0.25) is 9.69 Å². The Morgan fingerprint density at radius 1 is 1.45 bits per heavy atom. The number of aliphatic carboxylic acids is 1. The summed E-state index contributed by atoms with van der Waals surface area (Å²) >= 11 is 0. The molecule has 20 heavy (non-hydrogen) atoms. The fourth-order valence-electron chi connectivity index (χ4n) is 2.85. The Kier molecular flexibility index (Phi) is 4.09. The number of rotatable bonds is 4. The number of nitrogens with zero attached hydrogens (tertiary/aromatic N) is 1. The molecule has 3 nitrogen and oxygen atoms in total. The summed E-state index contributed by atoms with van der Waals surface area (Å²) in [4.78, 5) is 13.4. The molecule has 1 aromatic rings. The van der Waals surface area contributed by atoms with E-state index in [9.17, 15) is 18.7 Å². The summed E-state index contributed by atoms with van der Waals surface area (Å²) in [6, 6.07) is 3.36. The summed E-state index contributed by atoms with van der Waals surface area (Å²) in [6.45, 7) is 4.97. The van der Waals surface area contributed by atoms with Gasteiger partial charge in [0.2, 0.25) is 0 Å². The molecule has 1 saturated heterocycles. The lowest BCUT2D eigenvalue weighted by atomic mass is 9.76. The van der Waals surface area contributed by atoms with E-state index in [2.05, 4.69) is 0 Å². The lowest BCUT2D eigenvalue weighted by Gasteiger charge is -2.28. The SMILES string of the molecule is CC(C)C1(C(=O)O)CCN(Cc2cc(F)ccc2F)C1. The summed E-state index contributed by atoms with van der Waals surface area (Å²) in [7, 11) is 0. The van der Waals surface area contributed by atoms with Gasteiger partial charge in [0, 0.05) is 18.7 Å². The molecule has 5 heteroatoms. The smallest absolute Gasteiger partial charge is 0.311 e. The van der Waals surface area contributed by atoms with Gasteiger partial charge in [-0.05, 0) is 37.1 Å². The second kappa shape index (κ2) is 5.48. The van der Waals surface area contributed by atoms with Gasteiger partial charge in [-0.1, -0.05) is 13.8 Å². The fourth-order valence-corrected chi connectivity index (χ4v) is 2.85. The minimum Gasteiger partial charge on any atom is -0.481 e. The van der Waals surface area contributed by atoms with E-state index in [0.29, 0.717) is 19.5 Å². The van der Waals surface area contributed by atoms with Crippen LogP contribution in [0.5, 0.6) is 0 Å². The molecule has 1 N–H and O–H groups in total. The van der Waals surface area contributed by atoms with Crippen LogP contribution in [-0.4, -0.2) is 29.1 Å². The van der Waals surface area contributed by atoms with Crippen LogP contribution in [0.3, 0.4) is 0 Å². The predicted octanol–water partition coefficient (Wildman–Crippen LogP) is 2.90. The van der Waals surface area contributed by atoms with Crippen LogP contribution in [0, 0.1) is 23.0 Å². The molecule has 1 heterocycles. The molecule has 1 fully saturated rings. The Morgan fingerprint density at radius 2 is 2.15 bits per heavy atom. The molecule has 0 aliphatic carbocycles. The van der Waals surface area contributed by atoms with Gasteiger partial charge in [0.25, 0.3) is 0 Å². The van der Waals surface area contributed by atoms with Crippen LogP contribution in [0.25, 0.3) is 0 Å². The van der Waals surface area contributed by atoms with E-state index in [0.717, 1.165) is 12.1 Å². The molecule has 1 unspecified atom stereocenters. The van der Waals surface area contributed by atoms with Crippen molar-refractivity contribution in [2.75, 3.05) is 13.1 Å². The molecular formula is C15H19F2NO2. The second-order valence-electron chi connectivity index (χ2n) is 5.81. The van der Waals surface area contributed by atoms with Crippen LogP contribution in [0.2, 0.25) is 0 Å². The van der Waals surface area contributed by atoms with Gasteiger partial charge >= 0.3 is 5.97 Å². The average molecular weight is 283 g/mol. The molecule has 1 atom stereocenters. The highest BCUT2D eigenvalue weighted by Crippen LogP contribution is 2.38. The highest BCUT2D eigenvalue weighted by atomic mass is 19.1. The van der Waals surface area contributed by atoms with E-state index in [4.69, 9.17) is 0 Å². The number of carbonyl (C=O) groups is 1. The van der Waals surface area contributed by atoms with Crippen LogP contribution >= 0.6 is 0 Å². The average Bonchev–Trinajstić information content (AvgIpc) is 2.79. The van der Waals surface area contributed by atoms with Crippen molar-refractivity contribution in [3.8, 4) is 0 Å². The highest BCUT2D eigenvalue weighted by molar-refractivity contribution is 5.75. The van der Waals surface area contributed by atoms with E-state index < -0.39 is 23.0 Å². The van der Waals surface area contributed by atoms with Crippen LogP contribution in [0.15, 0.2) is 18.2 Å². The van der Waals surface area contributed by atoms with Gasteiger partial charge in [-0.15, -0.1) is 0 Å². The fraction of sp³-hybridized carbons (Fsp3) is 0.533. The molecule has 1 aromatic carbocycles. The van der Waals surface area contributed by atoms with Crippen molar-refractivity contribution in [1.29, 1.82) is 0 Å². The number of hydrogen-bond acceptors (Lipinski definition) is 2. The van der Waals surface area contributed by atoms with E-state index >= 15 is 0 Å². The number of carboxylic acid groups (broad SMARTS) is 1. The van der Waals surface area contributed by atoms with Gasteiger partial charge in [-0.25, -0.2) is 8.78 Å². The Hall–Kier alpha value is -1.49. The molecule has 0 spiro atoms. The normalized spacial score (nSPS) is 23.4. The molecular weight excluding hydrogens is 264 g/mol. The van der Waals surface area contributed by atoms with Crippen molar-refractivity contribution in [2.24, 2.45) is 11.3 Å². The topological polar surface area (TPSA) is 40.5 Å². The Balaban J connectivity index is 2.14. The van der Waals surface area contributed by atoms with Gasteiger partial charge in [-0.2, -0.15) is 0 Å². The Bertz CT molecular complexity index is 519. The number of benzene rings is 1. The number of hydrogen-bond donors (Lipinski definition) is 1. The molecule has 0 amide bonds. The zero-order valence-corrected chi connectivity index (χ0v) is 11.7. The van der Waals surface area contributed by atoms with Gasteiger partial charge < -0.3 is 5.11 Å². The minimum absolute atomic E-state index is 0.00218. The second-order valence-corrected chi connectivity index (χ2v) is 5.81. The van der Waals surface area contributed by atoms with Crippen LogP contribution in [-0.2, 0) is 11.3 Å². The van der Waals surface area contributed by atoms with Gasteiger partial charge in [0.05, 0.1) is 5.41 Å². The van der Waals surface area contributed by atoms with E-state index in [1.165, 1.54) is 6.07 Å². The minimum atomic E-state index is -0.810. The monoisotopic (exact) mass is 283 g/mol. The van der Waals surface area contributed by atoms with Crippen molar-refractivity contribution in [3.05, 3.63) is 35.4 Å². The van der Waals surface area contributed by atoms with E-state index in [-0.39, 0.29) is 18.0 Å². The van der Waals surface area contributed by atoms with Crippen molar-refractivity contribution in [1.82, 2.24) is 4.90 Å². The maximum atomic E-state index is 13.6. The first-order valence-electron chi connectivity index (χ1n) is 6.75. The van der Waals surface area contributed by atoms with Crippen molar-refractivity contribution < 1.29 is 18.7 Å². The first-order chi connectivity index (χ1) is 9.35. The molecule has 1 aliphatic rings. The molecule has 110 valence electrons.